The molecular weight excluding hydrogens is 263 g/mol. The van der Waals surface area contributed by atoms with E-state index in [1.54, 1.807) is 32.0 Å². The van der Waals surface area contributed by atoms with Crippen LogP contribution in [0.2, 0.25) is 0 Å². The maximum atomic E-state index is 13.3. The number of carbonyl (C=O) groups excluding carboxylic acids is 1. The van der Waals surface area contributed by atoms with Crippen molar-refractivity contribution in [1.82, 2.24) is 10.6 Å². The maximum Gasteiger partial charge on any atom is 0.315 e. The third kappa shape index (κ3) is 4.87. The highest BCUT2D eigenvalue weighted by Gasteiger charge is 2.21. The van der Waals surface area contributed by atoms with Crippen LogP contribution in [0.4, 0.5) is 9.18 Å². The van der Waals surface area contributed by atoms with Crippen LogP contribution in [-0.4, -0.2) is 23.7 Å². The highest BCUT2D eigenvalue weighted by molar-refractivity contribution is 5.75. The van der Waals surface area contributed by atoms with E-state index in [0.717, 1.165) is 0 Å². The summed E-state index contributed by atoms with van der Waals surface area (Å²) in [4.78, 5) is 22.5. The molecule has 0 spiro atoms. The second-order valence-corrected chi connectivity index (χ2v) is 4.84. The number of carboxylic acid groups (broad SMARTS) is 1. The van der Waals surface area contributed by atoms with Gasteiger partial charge in [0.05, 0.1) is 5.92 Å². The van der Waals surface area contributed by atoms with Gasteiger partial charge >= 0.3 is 12.0 Å². The number of hydrogen-bond acceptors (Lipinski definition) is 2. The first-order valence-corrected chi connectivity index (χ1v) is 6.39. The molecule has 0 fully saturated rings. The van der Waals surface area contributed by atoms with Gasteiger partial charge in [0.2, 0.25) is 0 Å². The predicted molar refractivity (Wildman–Crippen MR) is 72.6 cm³/mol. The highest BCUT2D eigenvalue weighted by Crippen LogP contribution is 2.09. The van der Waals surface area contributed by atoms with Crippen molar-refractivity contribution in [2.75, 3.05) is 6.54 Å². The van der Waals surface area contributed by atoms with Gasteiger partial charge in [-0.05, 0) is 12.0 Å². The zero-order chi connectivity index (χ0) is 15.1. The van der Waals surface area contributed by atoms with Crippen molar-refractivity contribution in [3.63, 3.8) is 0 Å². The standard InChI is InChI=1S/C14H19FN2O3/c1-9(2)11(13(18)19)8-17-14(20)16-7-10-5-3-4-6-12(10)15/h3-6,9,11H,7-8H2,1-2H3,(H,18,19)(H2,16,17,20). The number of hydrogen-bond donors (Lipinski definition) is 3. The van der Waals surface area contributed by atoms with Gasteiger partial charge < -0.3 is 15.7 Å². The van der Waals surface area contributed by atoms with Crippen molar-refractivity contribution < 1.29 is 19.1 Å². The minimum atomic E-state index is -0.950. The number of benzene rings is 1. The van der Waals surface area contributed by atoms with Gasteiger partial charge in [-0.25, -0.2) is 9.18 Å². The van der Waals surface area contributed by atoms with Crippen molar-refractivity contribution >= 4 is 12.0 Å². The van der Waals surface area contributed by atoms with Crippen LogP contribution >= 0.6 is 0 Å². The molecule has 5 nitrogen and oxygen atoms in total. The summed E-state index contributed by atoms with van der Waals surface area (Å²) in [6.07, 6.45) is 0. The normalized spacial score (nSPS) is 12.0. The molecule has 1 aromatic rings. The number of carboxylic acids is 1. The molecule has 20 heavy (non-hydrogen) atoms. The number of urea groups is 1. The molecule has 2 amide bonds. The van der Waals surface area contributed by atoms with Crippen molar-refractivity contribution in [2.24, 2.45) is 11.8 Å². The first-order valence-electron chi connectivity index (χ1n) is 6.39. The van der Waals surface area contributed by atoms with Crippen LogP contribution in [0.25, 0.3) is 0 Å². The quantitative estimate of drug-likeness (QED) is 0.746. The van der Waals surface area contributed by atoms with Gasteiger partial charge in [0, 0.05) is 18.7 Å². The van der Waals surface area contributed by atoms with Gasteiger partial charge in [-0.2, -0.15) is 0 Å². The minimum absolute atomic E-state index is 0.0378. The molecule has 1 aromatic carbocycles. The van der Waals surface area contributed by atoms with E-state index in [4.69, 9.17) is 5.11 Å². The SMILES string of the molecule is CC(C)C(CNC(=O)NCc1ccccc1F)C(=O)O. The molecule has 0 bridgehead atoms. The zero-order valence-corrected chi connectivity index (χ0v) is 11.5. The van der Waals surface area contributed by atoms with E-state index in [1.165, 1.54) is 6.07 Å². The molecule has 1 rings (SSSR count). The smallest absolute Gasteiger partial charge is 0.315 e. The van der Waals surface area contributed by atoms with Gasteiger partial charge in [0.15, 0.2) is 0 Å². The molecule has 110 valence electrons. The van der Waals surface area contributed by atoms with Crippen LogP contribution in [0.15, 0.2) is 24.3 Å². The third-order valence-electron chi connectivity index (χ3n) is 3.00. The Bertz CT molecular complexity index is 477. The molecule has 0 aliphatic heterocycles. The van der Waals surface area contributed by atoms with Gasteiger partial charge in [-0.1, -0.05) is 32.0 Å². The fourth-order valence-corrected chi connectivity index (χ4v) is 1.69. The summed E-state index contributed by atoms with van der Waals surface area (Å²) in [6, 6.07) is 5.62. The molecule has 0 aliphatic rings. The Balaban J connectivity index is 2.41. The zero-order valence-electron chi connectivity index (χ0n) is 11.5. The van der Waals surface area contributed by atoms with E-state index >= 15 is 0 Å². The lowest BCUT2D eigenvalue weighted by atomic mass is 9.96. The molecule has 0 saturated heterocycles. The van der Waals surface area contributed by atoms with E-state index in [0.29, 0.717) is 5.56 Å². The lowest BCUT2D eigenvalue weighted by Gasteiger charge is -2.17. The van der Waals surface area contributed by atoms with Gasteiger partial charge in [0.1, 0.15) is 5.82 Å². The maximum absolute atomic E-state index is 13.3. The predicted octanol–water partition coefficient (Wildman–Crippen LogP) is 1.98. The van der Waals surface area contributed by atoms with Crippen LogP contribution in [-0.2, 0) is 11.3 Å². The highest BCUT2D eigenvalue weighted by atomic mass is 19.1. The molecule has 6 heteroatoms. The Hall–Kier alpha value is -2.11. The minimum Gasteiger partial charge on any atom is -0.481 e. The van der Waals surface area contributed by atoms with Crippen LogP contribution in [0, 0.1) is 17.7 Å². The van der Waals surface area contributed by atoms with E-state index in [-0.39, 0.29) is 19.0 Å². The van der Waals surface area contributed by atoms with E-state index in [2.05, 4.69) is 10.6 Å². The number of carbonyl (C=O) groups is 2. The lowest BCUT2D eigenvalue weighted by Crippen LogP contribution is -2.41. The second-order valence-electron chi connectivity index (χ2n) is 4.84. The first-order chi connectivity index (χ1) is 9.41. The van der Waals surface area contributed by atoms with Crippen molar-refractivity contribution in [3.05, 3.63) is 35.6 Å². The fourth-order valence-electron chi connectivity index (χ4n) is 1.69. The fraction of sp³-hybridized carbons (Fsp3) is 0.429. The molecule has 3 N–H and O–H groups in total. The third-order valence-corrected chi connectivity index (χ3v) is 3.00. The molecule has 1 unspecified atom stereocenters. The molecule has 0 radical (unpaired) electrons. The monoisotopic (exact) mass is 282 g/mol. The topological polar surface area (TPSA) is 78.4 Å². The van der Waals surface area contributed by atoms with E-state index < -0.39 is 23.7 Å². The Morgan fingerprint density at radius 2 is 1.90 bits per heavy atom. The molecule has 0 heterocycles. The Kier molecular flexibility index (Phi) is 5.96. The Morgan fingerprint density at radius 1 is 1.25 bits per heavy atom. The summed E-state index contributed by atoms with van der Waals surface area (Å²) >= 11 is 0. The van der Waals surface area contributed by atoms with Crippen LogP contribution < -0.4 is 10.6 Å². The van der Waals surface area contributed by atoms with Crippen molar-refractivity contribution in [1.29, 1.82) is 0 Å². The van der Waals surface area contributed by atoms with Gasteiger partial charge in [-0.15, -0.1) is 0 Å². The molecule has 0 saturated carbocycles. The molecule has 0 aromatic heterocycles. The molecular formula is C14H19FN2O3. The molecule has 1 atom stereocenters. The average Bonchev–Trinajstić information content (AvgIpc) is 2.37. The first kappa shape index (κ1) is 15.9. The van der Waals surface area contributed by atoms with Gasteiger partial charge in [0.25, 0.3) is 0 Å². The van der Waals surface area contributed by atoms with E-state index in [1.807, 2.05) is 0 Å². The summed E-state index contributed by atoms with van der Waals surface area (Å²) in [6.45, 7) is 3.64. The van der Waals surface area contributed by atoms with Crippen LogP contribution in [0.3, 0.4) is 0 Å². The second kappa shape index (κ2) is 7.47. The van der Waals surface area contributed by atoms with Crippen molar-refractivity contribution in [2.45, 2.75) is 20.4 Å². The summed E-state index contributed by atoms with van der Waals surface area (Å²) in [5.41, 5.74) is 0.376. The van der Waals surface area contributed by atoms with Gasteiger partial charge in [-0.3, -0.25) is 4.79 Å². The number of aliphatic carboxylic acids is 1. The number of rotatable bonds is 6. The lowest BCUT2D eigenvalue weighted by molar-refractivity contribution is -0.142. The summed E-state index contributed by atoms with van der Waals surface area (Å²) in [7, 11) is 0. The summed E-state index contributed by atoms with van der Waals surface area (Å²) in [5.74, 6) is -2.07. The summed E-state index contributed by atoms with van der Waals surface area (Å²) in [5, 5.41) is 14.0. The number of nitrogens with one attached hydrogen (secondary N) is 2. The molecule has 0 aliphatic carbocycles. The number of halogens is 1. The van der Waals surface area contributed by atoms with E-state index in [9.17, 15) is 14.0 Å². The summed E-state index contributed by atoms with van der Waals surface area (Å²) < 4.78 is 13.3. The Morgan fingerprint density at radius 3 is 2.45 bits per heavy atom. The number of amides is 2. The van der Waals surface area contributed by atoms with Crippen LogP contribution in [0.5, 0.6) is 0 Å². The van der Waals surface area contributed by atoms with Crippen molar-refractivity contribution in [3.8, 4) is 0 Å². The Labute approximate surface area is 117 Å². The largest absolute Gasteiger partial charge is 0.481 e. The average molecular weight is 282 g/mol. The van der Waals surface area contributed by atoms with Crippen LogP contribution in [0.1, 0.15) is 19.4 Å².